The van der Waals surface area contributed by atoms with Crippen molar-refractivity contribution in [3.63, 3.8) is 0 Å². The van der Waals surface area contributed by atoms with Gasteiger partial charge in [0.1, 0.15) is 17.2 Å². The molecule has 0 radical (unpaired) electrons. The van der Waals surface area contributed by atoms with Gasteiger partial charge in [0.2, 0.25) is 6.79 Å². The van der Waals surface area contributed by atoms with Crippen LogP contribution >= 0.6 is 0 Å². The molecule has 4 aromatic rings. The molecule has 0 unspecified atom stereocenters. The minimum atomic E-state index is -0.257. The molecule has 34 heavy (non-hydrogen) atoms. The summed E-state index contributed by atoms with van der Waals surface area (Å²) in [5.74, 6) is 2.40. The lowest BCUT2D eigenvalue weighted by atomic mass is 10.1. The maximum absolute atomic E-state index is 13.3. The lowest BCUT2D eigenvalue weighted by Crippen LogP contribution is -2.25. The Labute approximate surface area is 196 Å². The van der Waals surface area contributed by atoms with E-state index in [0.29, 0.717) is 40.9 Å². The van der Waals surface area contributed by atoms with E-state index < -0.39 is 0 Å². The number of ether oxygens (including phenoxy) is 4. The highest BCUT2D eigenvalue weighted by atomic mass is 16.7. The zero-order valence-electron chi connectivity index (χ0n) is 18.8. The van der Waals surface area contributed by atoms with Crippen LogP contribution in [0.4, 0.5) is 0 Å². The Morgan fingerprint density at radius 3 is 2.59 bits per heavy atom. The SMILES string of the molecule is COc1ccc(-c2cc(C(=O)NCc3ccc4c(c3)OCO4)n(-c3ccccc3)n2)c(OC)c1. The molecule has 1 aliphatic heterocycles. The molecule has 0 bridgehead atoms. The standard InChI is InChI=1S/C26H23N3O5/c1-31-19-9-10-20(24(13-19)32-2)21-14-22(29(28-21)18-6-4-3-5-7-18)26(30)27-15-17-8-11-23-25(12-17)34-16-33-23/h3-14H,15-16H2,1-2H3,(H,27,30). The van der Waals surface area contributed by atoms with Crippen molar-refractivity contribution in [2.24, 2.45) is 0 Å². The van der Waals surface area contributed by atoms with Gasteiger partial charge in [-0.15, -0.1) is 0 Å². The Morgan fingerprint density at radius 1 is 0.971 bits per heavy atom. The van der Waals surface area contributed by atoms with Gasteiger partial charge in [-0.1, -0.05) is 24.3 Å². The molecule has 172 valence electrons. The van der Waals surface area contributed by atoms with Gasteiger partial charge in [-0.25, -0.2) is 4.68 Å². The van der Waals surface area contributed by atoms with Crippen LogP contribution < -0.4 is 24.3 Å². The Balaban J connectivity index is 1.47. The van der Waals surface area contributed by atoms with Gasteiger partial charge in [-0.3, -0.25) is 4.79 Å². The van der Waals surface area contributed by atoms with Crippen LogP contribution in [0.1, 0.15) is 16.1 Å². The molecule has 0 atom stereocenters. The summed E-state index contributed by atoms with van der Waals surface area (Å²) in [6.45, 7) is 0.537. The molecule has 0 aliphatic carbocycles. The van der Waals surface area contributed by atoms with Crippen LogP contribution in [0.5, 0.6) is 23.0 Å². The van der Waals surface area contributed by atoms with E-state index in [1.165, 1.54) is 0 Å². The zero-order chi connectivity index (χ0) is 23.5. The van der Waals surface area contributed by atoms with E-state index in [1.807, 2.05) is 60.7 Å². The van der Waals surface area contributed by atoms with E-state index in [-0.39, 0.29) is 12.7 Å². The van der Waals surface area contributed by atoms with E-state index in [2.05, 4.69) is 5.32 Å². The van der Waals surface area contributed by atoms with E-state index in [9.17, 15) is 4.79 Å². The van der Waals surface area contributed by atoms with E-state index in [4.69, 9.17) is 24.0 Å². The van der Waals surface area contributed by atoms with Gasteiger partial charge in [0, 0.05) is 18.2 Å². The lowest BCUT2D eigenvalue weighted by molar-refractivity contribution is 0.0943. The molecule has 0 fully saturated rings. The van der Waals surface area contributed by atoms with Crippen molar-refractivity contribution in [1.82, 2.24) is 15.1 Å². The molecule has 2 heterocycles. The normalized spacial score (nSPS) is 11.8. The van der Waals surface area contributed by atoms with E-state index in [1.54, 1.807) is 31.0 Å². The van der Waals surface area contributed by atoms with Crippen LogP contribution in [0.15, 0.2) is 72.8 Å². The van der Waals surface area contributed by atoms with Crippen molar-refractivity contribution < 1.29 is 23.7 Å². The number of carbonyl (C=O) groups is 1. The minimum Gasteiger partial charge on any atom is -0.497 e. The zero-order valence-corrected chi connectivity index (χ0v) is 18.8. The van der Waals surface area contributed by atoms with Gasteiger partial charge in [0.05, 0.1) is 25.6 Å². The summed E-state index contributed by atoms with van der Waals surface area (Å²) in [5, 5.41) is 7.72. The van der Waals surface area contributed by atoms with E-state index >= 15 is 0 Å². The van der Waals surface area contributed by atoms with Gasteiger partial charge >= 0.3 is 0 Å². The molecular formula is C26H23N3O5. The quantitative estimate of drug-likeness (QED) is 0.448. The number of nitrogens with one attached hydrogen (secondary N) is 1. The molecule has 8 heteroatoms. The molecule has 8 nitrogen and oxygen atoms in total. The first-order chi connectivity index (χ1) is 16.7. The lowest BCUT2D eigenvalue weighted by Gasteiger charge is -2.09. The van der Waals surface area contributed by atoms with Gasteiger partial charge < -0.3 is 24.3 Å². The van der Waals surface area contributed by atoms with Crippen molar-refractivity contribution in [3.05, 3.63) is 84.1 Å². The van der Waals surface area contributed by atoms with Crippen molar-refractivity contribution in [3.8, 4) is 39.9 Å². The summed E-state index contributed by atoms with van der Waals surface area (Å²) in [7, 11) is 3.19. The highest BCUT2D eigenvalue weighted by Crippen LogP contribution is 2.34. The summed E-state index contributed by atoms with van der Waals surface area (Å²) in [5.41, 5.74) is 3.44. The molecule has 1 amide bonds. The average molecular weight is 457 g/mol. The van der Waals surface area contributed by atoms with Crippen molar-refractivity contribution >= 4 is 5.91 Å². The number of hydrogen-bond acceptors (Lipinski definition) is 6. The molecule has 1 aromatic heterocycles. The number of methoxy groups -OCH3 is 2. The fraction of sp³-hybridized carbons (Fsp3) is 0.154. The Kier molecular flexibility index (Phi) is 5.78. The molecular weight excluding hydrogens is 434 g/mol. The maximum Gasteiger partial charge on any atom is 0.270 e. The molecule has 0 saturated carbocycles. The molecule has 5 rings (SSSR count). The first-order valence-corrected chi connectivity index (χ1v) is 10.7. The third kappa shape index (κ3) is 4.13. The third-order valence-electron chi connectivity index (χ3n) is 5.52. The van der Waals surface area contributed by atoms with Crippen LogP contribution in [0.25, 0.3) is 16.9 Å². The summed E-state index contributed by atoms with van der Waals surface area (Å²) in [6.07, 6.45) is 0. The number of carbonyl (C=O) groups excluding carboxylic acids is 1. The van der Waals surface area contributed by atoms with Gasteiger partial charge in [-0.05, 0) is 48.0 Å². The average Bonchev–Trinajstić information content (AvgIpc) is 3.54. The van der Waals surface area contributed by atoms with Crippen molar-refractivity contribution in [2.45, 2.75) is 6.54 Å². The van der Waals surface area contributed by atoms with Crippen LogP contribution in [0.3, 0.4) is 0 Å². The summed E-state index contributed by atoms with van der Waals surface area (Å²) in [6, 6.07) is 22.4. The van der Waals surface area contributed by atoms with Gasteiger partial charge in [0.15, 0.2) is 11.5 Å². The summed E-state index contributed by atoms with van der Waals surface area (Å²) < 4.78 is 23.3. The topological polar surface area (TPSA) is 83.8 Å². The molecule has 0 spiro atoms. The van der Waals surface area contributed by atoms with Crippen LogP contribution in [0, 0.1) is 0 Å². The number of nitrogens with zero attached hydrogens (tertiary/aromatic N) is 2. The third-order valence-corrected chi connectivity index (χ3v) is 5.52. The predicted molar refractivity (Wildman–Crippen MR) is 126 cm³/mol. The van der Waals surface area contributed by atoms with Gasteiger partial charge in [0.25, 0.3) is 5.91 Å². The number of amides is 1. The predicted octanol–water partition coefficient (Wildman–Crippen LogP) is 4.22. The fourth-order valence-electron chi connectivity index (χ4n) is 3.77. The molecule has 1 N–H and O–H groups in total. The maximum atomic E-state index is 13.3. The second-order valence-corrected chi connectivity index (χ2v) is 7.60. The number of para-hydroxylation sites is 1. The summed E-state index contributed by atoms with van der Waals surface area (Å²) >= 11 is 0. The van der Waals surface area contributed by atoms with Crippen LogP contribution in [-0.2, 0) is 6.54 Å². The number of fused-ring (bicyclic) bond motifs is 1. The first-order valence-electron chi connectivity index (χ1n) is 10.7. The number of aromatic nitrogens is 2. The van der Waals surface area contributed by atoms with E-state index in [0.717, 1.165) is 16.8 Å². The number of rotatable bonds is 7. The molecule has 3 aromatic carbocycles. The minimum absolute atomic E-state index is 0.207. The first kappa shape index (κ1) is 21.4. The molecule has 1 aliphatic rings. The van der Waals surface area contributed by atoms with Crippen LogP contribution in [0.2, 0.25) is 0 Å². The second kappa shape index (κ2) is 9.19. The largest absolute Gasteiger partial charge is 0.497 e. The Hall–Kier alpha value is -4.46. The Morgan fingerprint density at radius 2 is 1.79 bits per heavy atom. The highest BCUT2D eigenvalue weighted by molar-refractivity contribution is 5.94. The fourth-order valence-corrected chi connectivity index (χ4v) is 3.77. The summed E-state index contributed by atoms with van der Waals surface area (Å²) in [4.78, 5) is 13.3. The highest BCUT2D eigenvalue weighted by Gasteiger charge is 2.20. The number of benzene rings is 3. The smallest absolute Gasteiger partial charge is 0.270 e. The van der Waals surface area contributed by atoms with Crippen molar-refractivity contribution in [2.75, 3.05) is 21.0 Å². The van der Waals surface area contributed by atoms with Crippen LogP contribution in [-0.4, -0.2) is 36.7 Å². The second-order valence-electron chi connectivity index (χ2n) is 7.60. The number of hydrogen-bond donors (Lipinski definition) is 1. The molecule has 0 saturated heterocycles. The van der Waals surface area contributed by atoms with Crippen molar-refractivity contribution in [1.29, 1.82) is 0 Å². The van der Waals surface area contributed by atoms with Gasteiger partial charge in [-0.2, -0.15) is 5.10 Å². The Bertz CT molecular complexity index is 1330. The monoisotopic (exact) mass is 457 g/mol.